The van der Waals surface area contributed by atoms with Gasteiger partial charge in [-0.2, -0.15) is 0 Å². The zero-order valence-electron chi connectivity index (χ0n) is 12.0. The molecule has 0 unspecified atom stereocenters. The molecular weight excluding hydrogens is 300 g/mol. The minimum atomic E-state index is -0.411. The van der Waals surface area contributed by atoms with Crippen LogP contribution in [0.15, 0.2) is 40.8 Å². The number of likely N-dealkylation sites (tertiary alicyclic amines) is 1. The topological polar surface area (TPSA) is 59.5 Å². The van der Waals surface area contributed by atoms with Crippen LogP contribution in [0.2, 0.25) is 0 Å². The van der Waals surface area contributed by atoms with Crippen molar-refractivity contribution < 1.29 is 9.34 Å². The zero-order chi connectivity index (χ0) is 15.5. The van der Waals surface area contributed by atoms with Crippen molar-refractivity contribution in [2.24, 2.45) is 0 Å². The van der Waals surface area contributed by atoms with Crippen LogP contribution in [0, 0.1) is 10.1 Å². The molecule has 1 saturated heterocycles. The van der Waals surface area contributed by atoms with Crippen molar-refractivity contribution in [2.75, 3.05) is 13.1 Å². The van der Waals surface area contributed by atoms with E-state index >= 15 is 0 Å². The fraction of sp³-hybridized carbons (Fsp3) is 0.312. The van der Waals surface area contributed by atoms with Crippen molar-refractivity contribution in [3.8, 4) is 11.3 Å². The van der Waals surface area contributed by atoms with Gasteiger partial charge in [0.15, 0.2) is 5.76 Å². The summed E-state index contributed by atoms with van der Waals surface area (Å²) in [5, 5.41) is 10.9. The van der Waals surface area contributed by atoms with Crippen molar-refractivity contribution in [3.63, 3.8) is 0 Å². The van der Waals surface area contributed by atoms with Gasteiger partial charge in [0.25, 0.3) is 5.69 Å². The molecule has 1 aromatic heterocycles. The van der Waals surface area contributed by atoms with Crippen LogP contribution in [0.4, 0.5) is 5.69 Å². The summed E-state index contributed by atoms with van der Waals surface area (Å²) < 4.78 is 5.81. The first kappa shape index (κ1) is 14.7. The van der Waals surface area contributed by atoms with Gasteiger partial charge in [-0.15, -0.1) is 0 Å². The fourth-order valence-corrected chi connectivity index (χ4v) is 2.93. The molecule has 0 spiro atoms. The standard InChI is InChI=1S/C16H16N2O3S/c19-18(20)13-6-4-5-12(11-13)14-7-8-15(21-14)16(22)17-9-2-1-3-10-17/h4-8,11H,1-3,9-10H2. The van der Waals surface area contributed by atoms with E-state index < -0.39 is 4.92 Å². The SMILES string of the molecule is O=[N+]([O-])c1cccc(-c2ccc(C(=S)N3CCCCC3)o2)c1. The number of rotatable bonds is 3. The van der Waals surface area contributed by atoms with Crippen molar-refractivity contribution in [2.45, 2.75) is 19.3 Å². The summed E-state index contributed by atoms with van der Waals surface area (Å²) in [6.45, 7) is 1.93. The van der Waals surface area contributed by atoms with Crippen LogP contribution in [0.5, 0.6) is 0 Å². The van der Waals surface area contributed by atoms with E-state index in [1.807, 2.05) is 12.1 Å². The van der Waals surface area contributed by atoms with E-state index in [-0.39, 0.29) is 5.69 Å². The number of benzene rings is 1. The monoisotopic (exact) mass is 316 g/mol. The number of non-ortho nitro benzene ring substituents is 1. The maximum Gasteiger partial charge on any atom is 0.270 e. The Morgan fingerprint density at radius 1 is 1.18 bits per heavy atom. The maximum absolute atomic E-state index is 10.9. The van der Waals surface area contributed by atoms with Gasteiger partial charge >= 0.3 is 0 Å². The van der Waals surface area contributed by atoms with Crippen LogP contribution >= 0.6 is 12.2 Å². The van der Waals surface area contributed by atoms with Gasteiger partial charge in [0, 0.05) is 30.8 Å². The van der Waals surface area contributed by atoms with E-state index in [4.69, 9.17) is 16.6 Å². The van der Waals surface area contributed by atoms with Gasteiger partial charge < -0.3 is 9.32 Å². The van der Waals surface area contributed by atoms with Crippen LogP contribution in [-0.4, -0.2) is 27.9 Å². The molecule has 1 aliphatic rings. The molecule has 0 saturated carbocycles. The van der Waals surface area contributed by atoms with E-state index in [2.05, 4.69) is 4.90 Å². The Balaban J connectivity index is 1.82. The molecule has 2 aromatic rings. The largest absolute Gasteiger partial charge is 0.454 e. The summed E-state index contributed by atoms with van der Waals surface area (Å²) in [4.78, 5) is 13.3. The van der Waals surface area contributed by atoms with E-state index in [9.17, 15) is 10.1 Å². The molecule has 1 aromatic carbocycles. The third-order valence-electron chi connectivity index (χ3n) is 3.80. The van der Waals surface area contributed by atoms with Crippen LogP contribution < -0.4 is 0 Å². The summed E-state index contributed by atoms with van der Waals surface area (Å²) in [5.74, 6) is 1.25. The average molecular weight is 316 g/mol. The van der Waals surface area contributed by atoms with E-state index in [1.165, 1.54) is 18.6 Å². The maximum atomic E-state index is 10.9. The highest BCUT2D eigenvalue weighted by molar-refractivity contribution is 7.80. The predicted molar refractivity (Wildman–Crippen MR) is 87.9 cm³/mol. The average Bonchev–Trinajstić information content (AvgIpc) is 3.05. The summed E-state index contributed by atoms with van der Waals surface area (Å²) in [6, 6.07) is 10.1. The van der Waals surface area contributed by atoms with E-state index in [0.29, 0.717) is 17.1 Å². The molecule has 22 heavy (non-hydrogen) atoms. The quantitative estimate of drug-likeness (QED) is 0.486. The molecule has 0 bridgehead atoms. The molecule has 0 amide bonds. The fourth-order valence-electron chi connectivity index (χ4n) is 2.63. The van der Waals surface area contributed by atoms with Gasteiger partial charge in [-0.1, -0.05) is 24.4 Å². The lowest BCUT2D eigenvalue weighted by Gasteiger charge is -2.27. The first-order valence-corrected chi connectivity index (χ1v) is 7.70. The summed E-state index contributed by atoms with van der Waals surface area (Å²) in [7, 11) is 0. The number of hydrogen-bond donors (Lipinski definition) is 0. The lowest BCUT2D eigenvalue weighted by molar-refractivity contribution is -0.384. The zero-order valence-corrected chi connectivity index (χ0v) is 12.8. The molecule has 0 aliphatic carbocycles. The Kier molecular flexibility index (Phi) is 4.20. The highest BCUT2D eigenvalue weighted by Crippen LogP contribution is 2.27. The molecule has 114 valence electrons. The van der Waals surface area contributed by atoms with Crippen molar-refractivity contribution in [1.29, 1.82) is 0 Å². The van der Waals surface area contributed by atoms with Gasteiger partial charge in [0.2, 0.25) is 0 Å². The number of nitrogens with zero attached hydrogens (tertiary/aromatic N) is 2. The molecule has 2 heterocycles. The van der Waals surface area contributed by atoms with Gasteiger partial charge in [-0.25, -0.2) is 0 Å². The second-order valence-electron chi connectivity index (χ2n) is 5.32. The highest BCUT2D eigenvalue weighted by atomic mass is 32.1. The lowest BCUT2D eigenvalue weighted by atomic mass is 10.1. The van der Waals surface area contributed by atoms with E-state index in [1.54, 1.807) is 12.1 Å². The summed E-state index contributed by atoms with van der Waals surface area (Å²) in [5.41, 5.74) is 0.732. The number of hydrogen-bond acceptors (Lipinski definition) is 4. The summed E-state index contributed by atoms with van der Waals surface area (Å²) in [6.07, 6.45) is 3.55. The molecule has 1 aliphatic heterocycles. The predicted octanol–water partition coefficient (Wildman–Crippen LogP) is 4.02. The number of nitro groups is 1. The first-order valence-electron chi connectivity index (χ1n) is 7.29. The molecule has 0 N–H and O–H groups in total. The Bertz CT molecular complexity index is 705. The molecule has 1 fully saturated rings. The molecule has 3 rings (SSSR count). The molecule has 6 heteroatoms. The Labute approximate surface area is 133 Å². The summed E-state index contributed by atoms with van der Waals surface area (Å²) >= 11 is 5.50. The van der Waals surface area contributed by atoms with E-state index in [0.717, 1.165) is 30.9 Å². The minimum Gasteiger partial charge on any atom is -0.454 e. The molecule has 0 radical (unpaired) electrons. The molecule has 5 nitrogen and oxygen atoms in total. The molecular formula is C16H16N2O3S. The Morgan fingerprint density at radius 2 is 1.95 bits per heavy atom. The Hall–Kier alpha value is -2.21. The van der Waals surface area contributed by atoms with Crippen LogP contribution in [0.3, 0.4) is 0 Å². The van der Waals surface area contributed by atoms with Crippen LogP contribution in [0.25, 0.3) is 11.3 Å². The van der Waals surface area contributed by atoms with Crippen LogP contribution in [-0.2, 0) is 0 Å². The van der Waals surface area contributed by atoms with Crippen molar-refractivity contribution >= 4 is 22.9 Å². The second-order valence-corrected chi connectivity index (χ2v) is 5.71. The minimum absolute atomic E-state index is 0.0501. The van der Waals surface area contributed by atoms with Gasteiger partial charge in [0.1, 0.15) is 10.7 Å². The number of nitro benzene ring substituents is 1. The van der Waals surface area contributed by atoms with Gasteiger partial charge in [-0.3, -0.25) is 10.1 Å². The number of thiocarbonyl (C=S) groups is 1. The Morgan fingerprint density at radius 3 is 2.68 bits per heavy atom. The van der Waals surface area contributed by atoms with Crippen molar-refractivity contribution in [1.82, 2.24) is 4.90 Å². The smallest absolute Gasteiger partial charge is 0.270 e. The van der Waals surface area contributed by atoms with Gasteiger partial charge in [0.05, 0.1) is 4.92 Å². The number of furan rings is 1. The first-order chi connectivity index (χ1) is 10.6. The second kappa shape index (κ2) is 6.27. The number of piperidine rings is 1. The third-order valence-corrected chi connectivity index (χ3v) is 4.26. The normalized spacial score (nSPS) is 14.8. The lowest BCUT2D eigenvalue weighted by Crippen LogP contribution is -2.34. The molecule has 0 atom stereocenters. The highest BCUT2D eigenvalue weighted by Gasteiger charge is 2.18. The van der Waals surface area contributed by atoms with Gasteiger partial charge in [-0.05, 0) is 31.4 Å². The third kappa shape index (κ3) is 3.01. The van der Waals surface area contributed by atoms with Crippen LogP contribution in [0.1, 0.15) is 25.0 Å². The van der Waals surface area contributed by atoms with Crippen molar-refractivity contribution in [3.05, 3.63) is 52.3 Å².